The summed E-state index contributed by atoms with van der Waals surface area (Å²) in [6.45, 7) is 3.99. The van der Waals surface area contributed by atoms with Crippen LogP contribution in [0.2, 0.25) is 0 Å². The molecule has 1 aromatic carbocycles. The van der Waals surface area contributed by atoms with Crippen molar-refractivity contribution in [2.75, 3.05) is 44.3 Å². The molecule has 10 nitrogen and oxygen atoms in total. The number of rotatable bonds is 5. The molecule has 206 valence electrons. The van der Waals surface area contributed by atoms with Crippen molar-refractivity contribution >= 4 is 22.9 Å². The summed E-state index contributed by atoms with van der Waals surface area (Å²) in [5.74, 6) is 0.872. The van der Waals surface area contributed by atoms with E-state index in [2.05, 4.69) is 4.98 Å². The third-order valence-corrected chi connectivity index (χ3v) is 9.06. The lowest BCUT2D eigenvalue weighted by Gasteiger charge is -2.30. The zero-order valence-electron chi connectivity index (χ0n) is 21.6. The molecule has 3 aliphatic heterocycles. The van der Waals surface area contributed by atoms with Crippen molar-refractivity contribution in [2.24, 2.45) is 5.73 Å². The number of morpholine rings is 1. The Morgan fingerprint density at radius 1 is 1.10 bits per heavy atom. The van der Waals surface area contributed by atoms with E-state index in [-0.39, 0.29) is 29.4 Å². The normalized spacial score (nSPS) is 30.7. The Morgan fingerprint density at radius 3 is 2.59 bits per heavy atom. The molecule has 2 atom stereocenters. The second kappa shape index (κ2) is 9.17. The van der Waals surface area contributed by atoms with Gasteiger partial charge in [0.1, 0.15) is 24.5 Å². The standard InChI is InChI=1S/C27H32F2N7O3/c28-23(29)24-31-19-3-1-2-4-20(19)35(24)21-15-22(33-26(32-21)34-10-13-38-14-11-34)39-17-5-8-27(9-6-17)16-36(27)12-7-18(30)25(36)37/h1-4,15,17-18,23H,5-14,16,30H2/q+1/t17?,18-,27?,36?/m1/s1. The van der Waals surface area contributed by atoms with E-state index in [0.717, 1.165) is 45.2 Å². The number of benzene rings is 1. The van der Waals surface area contributed by atoms with Crippen molar-refractivity contribution in [1.29, 1.82) is 0 Å². The first-order valence-corrected chi connectivity index (χ1v) is 13.7. The lowest BCUT2D eigenvalue weighted by Crippen LogP contribution is -2.44. The van der Waals surface area contributed by atoms with Crippen LogP contribution >= 0.6 is 0 Å². The lowest BCUT2D eigenvalue weighted by molar-refractivity contribution is -0.744. The van der Waals surface area contributed by atoms with Crippen molar-refractivity contribution in [3.05, 3.63) is 36.2 Å². The molecule has 7 rings (SSSR count). The van der Waals surface area contributed by atoms with Gasteiger partial charge in [0.15, 0.2) is 11.4 Å². The Kier molecular flexibility index (Phi) is 5.83. The minimum atomic E-state index is -2.78. The number of hydrogen-bond acceptors (Lipinski definition) is 8. The smallest absolute Gasteiger partial charge is 0.331 e. The van der Waals surface area contributed by atoms with Gasteiger partial charge in [0.2, 0.25) is 11.8 Å². The molecule has 1 unspecified atom stereocenters. The van der Waals surface area contributed by atoms with Crippen LogP contribution < -0.4 is 15.4 Å². The number of para-hydroxylation sites is 2. The van der Waals surface area contributed by atoms with Crippen LogP contribution in [0, 0.1) is 0 Å². The first-order valence-electron chi connectivity index (χ1n) is 13.7. The number of carbonyl (C=O) groups excluding carboxylic acids is 1. The van der Waals surface area contributed by atoms with E-state index in [0.29, 0.717) is 59.5 Å². The lowest BCUT2D eigenvalue weighted by atomic mass is 9.86. The molecule has 0 bridgehead atoms. The first kappa shape index (κ1) is 24.8. The van der Waals surface area contributed by atoms with Crippen LogP contribution in [0.4, 0.5) is 14.7 Å². The highest BCUT2D eigenvalue weighted by Crippen LogP contribution is 2.55. The van der Waals surface area contributed by atoms with E-state index < -0.39 is 6.43 Å². The van der Waals surface area contributed by atoms with Crippen LogP contribution in [0.15, 0.2) is 30.3 Å². The molecular formula is C27H32F2N7O3+. The van der Waals surface area contributed by atoms with E-state index in [4.69, 9.17) is 25.2 Å². The van der Waals surface area contributed by atoms with Gasteiger partial charge in [0.05, 0.1) is 30.8 Å². The van der Waals surface area contributed by atoms with Crippen molar-refractivity contribution < 1.29 is 27.5 Å². The van der Waals surface area contributed by atoms with Gasteiger partial charge in [-0.2, -0.15) is 9.97 Å². The Labute approximate surface area is 224 Å². The summed E-state index contributed by atoms with van der Waals surface area (Å²) < 4.78 is 42.1. The Balaban J connectivity index is 1.19. The van der Waals surface area contributed by atoms with Gasteiger partial charge in [-0.3, -0.25) is 4.57 Å². The molecular weight excluding hydrogens is 508 g/mol. The summed E-state index contributed by atoms with van der Waals surface area (Å²) >= 11 is 0. The molecule has 2 aromatic heterocycles. The third-order valence-electron chi connectivity index (χ3n) is 9.06. The molecule has 1 saturated carbocycles. The molecule has 0 radical (unpaired) electrons. The number of anilines is 1. The van der Waals surface area contributed by atoms with Crippen LogP contribution in [-0.2, 0) is 9.53 Å². The molecule has 1 amide bonds. The number of amides is 1. The fraction of sp³-hybridized carbons (Fsp3) is 0.556. The number of quaternary nitrogens is 1. The fourth-order valence-corrected chi connectivity index (χ4v) is 6.92. The average Bonchev–Trinajstić information content (AvgIpc) is 3.23. The number of halogens is 2. The van der Waals surface area contributed by atoms with Crippen LogP contribution in [0.25, 0.3) is 16.9 Å². The summed E-state index contributed by atoms with van der Waals surface area (Å²) in [4.78, 5) is 28.3. The summed E-state index contributed by atoms with van der Waals surface area (Å²) in [6.07, 6.45) is 1.28. The van der Waals surface area contributed by atoms with E-state index in [9.17, 15) is 13.6 Å². The van der Waals surface area contributed by atoms with E-state index >= 15 is 0 Å². The van der Waals surface area contributed by atoms with E-state index in [1.165, 1.54) is 4.57 Å². The Bertz CT molecular complexity index is 1420. The highest BCUT2D eigenvalue weighted by Gasteiger charge is 2.76. The monoisotopic (exact) mass is 540 g/mol. The van der Waals surface area contributed by atoms with Crippen LogP contribution in [0.1, 0.15) is 44.4 Å². The minimum Gasteiger partial charge on any atom is -0.474 e. The molecule has 39 heavy (non-hydrogen) atoms. The van der Waals surface area contributed by atoms with E-state index in [1.54, 1.807) is 30.3 Å². The average molecular weight is 541 g/mol. The SMILES string of the molecule is N[C@@H]1CC[N+]2(CC23CCC(Oc2cc(-n4c(C(F)F)nc5ccccc54)nc(N4CCOCC4)n2)CC3)C1=O. The van der Waals surface area contributed by atoms with Gasteiger partial charge in [0, 0.05) is 38.4 Å². The molecule has 4 fully saturated rings. The number of aromatic nitrogens is 4. The van der Waals surface area contributed by atoms with Crippen LogP contribution in [0.3, 0.4) is 0 Å². The summed E-state index contributed by atoms with van der Waals surface area (Å²) in [5.41, 5.74) is 7.05. The molecule has 12 heteroatoms. The topological polar surface area (TPSA) is 108 Å². The minimum absolute atomic E-state index is 0.00273. The first-order chi connectivity index (χ1) is 18.9. The summed E-state index contributed by atoms with van der Waals surface area (Å²) in [5, 5.41) is 0. The molecule has 4 aliphatic rings. The highest BCUT2D eigenvalue weighted by atomic mass is 19.3. The maximum absolute atomic E-state index is 14.1. The van der Waals surface area contributed by atoms with Gasteiger partial charge >= 0.3 is 5.91 Å². The fourth-order valence-electron chi connectivity index (χ4n) is 6.92. The van der Waals surface area contributed by atoms with Gasteiger partial charge in [0.25, 0.3) is 6.43 Å². The third kappa shape index (κ3) is 3.99. The van der Waals surface area contributed by atoms with Gasteiger partial charge < -0.3 is 20.1 Å². The molecule has 2 N–H and O–H groups in total. The number of nitrogens with two attached hydrogens (primary N) is 1. The molecule has 1 aliphatic carbocycles. The summed E-state index contributed by atoms with van der Waals surface area (Å²) in [6, 6.07) is 8.32. The zero-order chi connectivity index (χ0) is 26.8. The van der Waals surface area contributed by atoms with Gasteiger partial charge in [-0.05, 0) is 25.0 Å². The highest BCUT2D eigenvalue weighted by molar-refractivity contribution is 5.79. The van der Waals surface area contributed by atoms with Gasteiger partial charge in [-0.15, -0.1) is 0 Å². The van der Waals surface area contributed by atoms with E-state index in [1.807, 2.05) is 4.90 Å². The number of imidazole rings is 1. The zero-order valence-corrected chi connectivity index (χ0v) is 21.6. The maximum atomic E-state index is 14.1. The number of ether oxygens (including phenoxy) is 2. The second-order valence-electron chi connectivity index (χ2n) is 11.2. The van der Waals surface area contributed by atoms with Gasteiger partial charge in [-0.1, -0.05) is 12.1 Å². The van der Waals surface area contributed by atoms with Crippen molar-refractivity contribution in [1.82, 2.24) is 19.5 Å². The molecule has 5 heterocycles. The Morgan fingerprint density at radius 2 is 1.87 bits per heavy atom. The molecule has 3 saturated heterocycles. The summed E-state index contributed by atoms with van der Waals surface area (Å²) in [7, 11) is 0. The van der Waals surface area contributed by atoms with Crippen molar-refractivity contribution in [3.8, 4) is 11.7 Å². The number of carbonyl (C=O) groups is 1. The predicted octanol–water partition coefficient (Wildman–Crippen LogP) is 2.74. The number of alkyl halides is 2. The van der Waals surface area contributed by atoms with Crippen molar-refractivity contribution in [2.45, 2.75) is 56.2 Å². The molecule has 2 spiro atoms. The number of nitrogens with zero attached hydrogens (tertiary/aromatic N) is 6. The predicted molar refractivity (Wildman–Crippen MR) is 138 cm³/mol. The second-order valence-corrected chi connectivity index (χ2v) is 11.2. The van der Waals surface area contributed by atoms with Crippen LogP contribution in [0.5, 0.6) is 5.88 Å². The van der Waals surface area contributed by atoms with Crippen molar-refractivity contribution in [3.63, 3.8) is 0 Å². The number of fused-ring (bicyclic) bond motifs is 2. The maximum Gasteiger partial charge on any atom is 0.331 e. The molecule has 3 aromatic rings. The quantitative estimate of drug-likeness (QED) is 0.389. The number of hydrogen-bond donors (Lipinski definition) is 1. The largest absolute Gasteiger partial charge is 0.474 e. The van der Waals surface area contributed by atoms with Crippen LogP contribution in [-0.4, -0.2) is 87.0 Å². The Hall–Kier alpha value is -3.22. The van der Waals surface area contributed by atoms with Gasteiger partial charge in [-0.25, -0.2) is 23.0 Å².